The summed E-state index contributed by atoms with van der Waals surface area (Å²) < 4.78 is 41.2. The third-order valence-electron chi connectivity index (χ3n) is 6.29. The Hall–Kier alpha value is -3.00. The summed E-state index contributed by atoms with van der Waals surface area (Å²) in [7, 11) is -3.88. The van der Waals surface area contributed by atoms with Crippen LogP contribution in [-0.2, 0) is 19.6 Å². The van der Waals surface area contributed by atoms with Crippen LogP contribution in [0.15, 0.2) is 42.5 Å². The van der Waals surface area contributed by atoms with Crippen molar-refractivity contribution in [3.8, 4) is 12.3 Å². The average molecular weight is 503 g/mol. The Morgan fingerprint density at radius 2 is 1.91 bits per heavy atom. The van der Waals surface area contributed by atoms with Gasteiger partial charge < -0.3 is 10.6 Å². The van der Waals surface area contributed by atoms with Gasteiger partial charge in [-0.3, -0.25) is 14.5 Å². The van der Waals surface area contributed by atoms with Crippen molar-refractivity contribution in [2.75, 3.05) is 39.0 Å². The molecule has 0 radical (unpaired) electrons. The van der Waals surface area contributed by atoms with E-state index in [9.17, 15) is 18.0 Å². The van der Waals surface area contributed by atoms with Crippen LogP contribution >= 0.6 is 0 Å². The van der Waals surface area contributed by atoms with Crippen molar-refractivity contribution in [1.29, 1.82) is 0 Å². The van der Waals surface area contributed by atoms with Gasteiger partial charge in [-0.15, -0.1) is 6.42 Å². The number of likely N-dealkylation sites (tertiary alicyclic amines) is 1. The van der Waals surface area contributed by atoms with Crippen LogP contribution in [0.5, 0.6) is 0 Å². The van der Waals surface area contributed by atoms with Crippen molar-refractivity contribution in [2.24, 2.45) is 0 Å². The van der Waals surface area contributed by atoms with E-state index in [1.54, 1.807) is 0 Å². The van der Waals surface area contributed by atoms with Gasteiger partial charge in [0.1, 0.15) is 6.17 Å². The van der Waals surface area contributed by atoms with E-state index in [1.807, 2.05) is 54.3 Å². The zero-order valence-electron chi connectivity index (χ0n) is 19.9. The maximum atomic E-state index is 15.4. The molecule has 0 saturated carbocycles. The van der Waals surface area contributed by atoms with Crippen molar-refractivity contribution in [3.05, 3.63) is 48.0 Å². The highest BCUT2D eigenvalue weighted by Crippen LogP contribution is 2.32. The second-order valence-electron chi connectivity index (χ2n) is 8.68. The molecule has 1 saturated heterocycles. The van der Waals surface area contributed by atoms with Crippen molar-refractivity contribution in [1.82, 2.24) is 19.8 Å². The zero-order chi connectivity index (χ0) is 25.6. The van der Waals surface area contributed by atoms with Crippen LogP contribution in [0.4, 0.5) is 4.39 Å². The van der Waals surface area contributed by atoms with E-state index in [2.05, 4.69) is 16.6 Å². The summed E-state index contributed by atoms with van der Waals surface area (Å²) in [5, 5.41) is 6.95. The molecule has 10 heteroatoms. The van der Waals surface area contributed by atoms with E-state index in [0.29, 0.717) is 6.54 Å². The van der Waals surface area contributed by atoms with Gasteiger partial charge in [-0.05, 0) is 29.7 Å². The number of nitrogens with zero attached hydrogens (tertiary/aromatic N) is 2. The van der Waals surface area contributed by atoms with Crippen molar-refractivity contribution in [3.63, 3.8) is 0 Å². The van der Waals surface area contributed by atoms with Crippen molar-refractivity contribution in [2.45, 2.75) is 31.6 Å². The number of rotatable bonds is 9. The largest absolute Gasteiger partial charge is 0.346 e. The molecule has 35 heavy (non-hydrogen) atoms. The van der Waals surface area contributed by atoms with E-state index < -0.39 is 40.6 Å². The Labute approximate surface area is 205 Å². The van der Waals surface area contributed by atoms with Gasteiger partial charge in [-0.2, -0.15) is 4.31 Å². The lowest BCUT2D eigenvalue weighted by Crippen LogP contribution is -2.56. The second-order valence-corrected chi connectivity index (χ2v) is 10.6. The van der Waals surface area contributed by atoms with Crippen LogP contribution in [0.1, 0.15) is 24.9 Å². The number of halogens is 1. The normalized spacial score (nSPS) is 19.7. The summed E-state index contributed by atoms with van der Waals surface area (Å²) in [5.74, 6) is 1.05. The summed E-state index contributed by atoms with van der Waals surface area (Å²) in [6.45, 7) is 1.63. The highest BCUT2D eigenvalue weighted by Gasteiger charge is 2.39. The molecular weight excluding hydrogens is 471 g/mol. The fourth-order valence-corrected chi connectivity index (χ4v) is 5.55. The van der Waals surface area contributed by atoms with E-state index >= 15 is 4.39 Å². The molecule has 2 amide bonds. The minimum atomic E-state index is -3.88. The van der Waals surface area contributed by atoms with Gasteiger partial charge in [0.2, 0.25) is 21.8 Å². The molecule has 1 fully saturated rings. The van der Waals surface area contributed by atoms with Crippen molar-refractivity contribution >= 4 is 32.6 Å². The molecule has 2 aromatic carbocycles. The molecular formula is C25H31FN4O4S. The Balaban J connectivity index is 1.67. The maximum Gasteiger partial charge on any atom is 0.240 e. The molecule has 2 unspecified atom stereocenters. The van der Waals surface area contributed by atoms with E-state index in [1.165, 1.54) is 0 Å². The molecule has 3 atom stereocenters. The number of benzene rings is 2. The lowest BCUT2D eigenvalue weighted by molar-refractivity contribution is -0.126. The lowest BCUT2D eigenvalue weighted by atomic mass is 9.95. The van der Waals surface area contributed by atoms with Crippen LogP contribution in [0.3, 0.4) is 0 Å². The highest BCUT2D eigenvalue weighted by molar-refractivity contribution is 7.88. The molecule has 1 aliphatic heterocycles. The first kappa shape index (κ1) is 26.6. The number of carbonyl (C=O) groups is 2. The molecule has 1 heterocycles. The quantitative estimate of drug-likeness (QED) is 0.506. The number of hydrogen-bond acceptors (Lipinski definition) is 5. The molecule has 8 nitrogen and oxygen atoms in total. The van der Waals surface area contributed by atoms with E-state index in [-0.39, 0.29) is 32.1 Å². The summed E-state index contributed by atoms with van der Waals surface area (Å²) in [5.41, 5.74) is 1.08. The zero-order valence-corrected chi connectivity index (χ0v) is 20.7. The molecule has 2 aromatic rings. The molecule has 1 aliphatic rings. The van der Waals surface area contributed by atoms with Crippen LogP contribution in [0.2, 0.25) is 0 Å². The Kier molecular flexibility index (Phi) is 8.83. The predicted molar refractivity (Wildman–Crippen MR) is 134 cm³/mol. The SMILES string of the molecule is C#CCNC(=O)CNC(=O)CN(C1CCN([C@H](C)c2cccc3ccccc23)CC1F)S(C)(=O)=O. The monoisotopic (exact) mass is 502 g/mol. The molecule has 3 rings (SSSR count). The maximum absolute atomic E-state index is 15.4. The van der Waals surface area contributed by atoms with Gasteiger partial charge in [0.05, 0.1) is 31.9 Å². The first-order valence-corrected chi connectivity index (χ1v) is 13.3. The minimum absolute atomic E-state index is 0.0173. The van der Waals surface area contributed by atoms with Gasteiger partial charge in [0, 0.05) is 19.1 Å². The third kappa shape index (κ3) is 6.78. The molecule has 0 spiro atoms. The molecule has 2 N–H and O–H groups in total. The predicted octanol–water partition coefficient (Wildman–Crippen LogP) is 1.44. The third-order valence-corrected chi connectivity index (χ3v) is 7.54. The smallest absolute Gasteiger partial charge is 0.240 e. The summed E-state index contributed by atoms with van der Waals surface area (Å²) in [4.78, 5) is 26.0. The van der Waals surface area contributed by atoms with Crippen LogP contribution in [0, 0.1) is 12.3 Å². The fourth-order valence-electron chi connectivity index (χ4n) is 4.47. The van der Waals surface area contributed by atoms with Crippen molar-refractivity contribution < 1.29 is 22.4 Å². The first-order chi connectivity index (χ1) is 16.6. The van der Waals surface area contributed by atoms with Gasteiger partial charge in [0.15, 0.2) is 0 Å². The Bertz CT molecular complexity index is 1210. The van der Waals surface area contributed by atoms with E-state index in [0.717, 1.165) is 26.9 Å². The fraction of sp³-hybridized carbons (Fsp3) is 0.440. The molecule has 0 aliphatic carbocycles. The van der Waals surface area contributed by atoms with E-state index in [4.69, 9.17) is 6.42 Å². The lowest BCUT2D eigenvalue weighted by Gasteiger charge is -2.41. The second kappa shape index (κ2) is 11.6. The number of carbonyl (C=O) groups excluding carboxylic acids is 2. The molecule has 0 bridgehead atoms. The van der Waals surface area contributed by atoms with Gasteiger partial charge in [0.25, 0.3) is 0 Å². The van der Waals surface area contributed by atoms with Crippen LogP contribution < -0.4 is 10.6 Å². The standard InChI is InChI=1S/C25H31FN4O4S/c1-4-13-27-24(31)15-28-25(32)17-30(35(3,33)34)23-12-14-29(16-22(23)26)18(2)20-11-7-9-19-8-5-6-10-21(19)20/h1,5-11,18,22-23H,12-17H2,2-3H3,(H,27,31)(H,28,32)/t18-,22?,23?/m1/s1. The number of piperidine rings is 1. The van der Waals surface area contributed by atoms with Crippen LogP contribution in [-0.4, -0.2) is 80.6 Å². The number of nitrogens with one attached hydrogen (secondary N) is 2. The number of sulfonamides is 1. The number of hydrogen-bond donors (Lipinski definition) is 2. The number of fused-ring (bicyclic) bond motifs is 1. The number of terminal acetylenes is 1. The average Bonchev–Trinajstić information content (AvgIpc) is 2.83. The Morgan fingerprint density at radius 1 is 1.20 bits per heavy atom. The minimum Gasteiger partial charge on any atom is -0.346 e. The van der Waals surface area contributed by atoms with Gasteiger partial charge >= 0.3 is 0 Å². The summed E-state index contributed by atoms with van der Waals surface area (Å²) in [6, 6.07) is 13.0. The number of amides is 2. The molecule has 188 valence electrons. The number of alkyl halides is 1. The highest BCUT2D eigenvalue weighted by atomic mass is 32.2. The van der Waals surface area contributed by atoms with Gasteiger partial charge in [-0.1, -0.05) is 48.4 Å². The topological polar surface area (TPSA) is 98.8 Å². The Morgan fingerprint density at radius 3 is 2.60 bits per heavy atom. The summed E-state index contributed by atoms with van der Waals surface area (Å²) >= 11 is 0. The van der Waals surface area contributed by atoms with Gasteiger partial charge in [-0.25, -0.2) is 12.8 Å². The van der Waals surface area contributed by atoms with Crippen LogP contribution in [0.25, 0.3) is 10.8 Å². The first-order valence-electron chi connectivity index (χ1n) is 11.4. The summed E-state index contributed by atoms with van der Waals surface area (Å²) in [6.07, 6.45) is 4.77. The molecule has 0 aromatic heterocycles.